The summed E-state index contributed by atoms with van der Waals surface area (Å²) in [6, 6.07) is 1.54. The summed E-state index contributed by atoms with van der Waals surface area (Å²) in [5.74, 6) is 0.865. The molecule has 2 aliphatic rings. The van der Waals surface area contributed by atoms with Crippen LogP contribution in [0.1, 0.15) is 79.1 Å². The Kier molecular flexibility index (Phi) is 6.55. The molecule has 0 radical (unpaired) electrons. The molecular formula is C19H38N2. The van der Waals surface area contributed by atoms with E-state index < -0.39 is 0 Å². The van der Waals surface area contributed by atoms with E-state index in [2.05, 4.69) is 37.9 Å². The maximum Gasteiger partial charge on any atom is 0.0103 e. The van der Waals surface area contributed by atoms with Gasteiger partial charge in [-0.3, -0.25) is 0 Å². The summed E-state index contributed by atoms with van der Waals surface area (Å²) in [5, 5.41) is 4.06. The van der Waals surface area contributed by atoms with E-state index in [-0.39, 0.29) is 0 Å². The van der Waals surface area contributed by atoms with E-state index in [1.54, 1.807) is 0 Å². The molecule has 1 saturated carbocycles. The summed E-state index contributed by atoms with van der Waals surface area (Å²) < 4.78 is 0. The van der Waals surface area contributed by atoms with E-state index in [0.29, 0.717) is 5.41 Å². The largest absolute Gasteiger partial charge is 0.311 e. The molecule has 1 N–H and O–H groups in total. The predicted molar refractivity (Wildman–Crippen MR) is 92.7 cm³/mol. The standard InChI is InChI=1S/C19H38N2/c1-5-6-13-21-14-11-16(12-15-21)20-18-10-8-7-9-17(18)19(2,3)4/h16-18,20H,5-15H2,1-4H3. The lowest BCUT2D eigenvalue weighted by Crippen LogP contribution is -2.51. The molecule has 2 heteroatoms. The van der Waals surface area contributed by atoms with E-state index in [1.807, 2.05) is 0 Å². The van der Waals surface area contributed by atoms with Gasteiger partial charge in [-0.15, -0.1) is 0 Å². The summed E-state index contributed by atoms with van der Waals surface area (Å²) in [5.41, 5.74) is 0.458. The first-order chi connectivity index (χ1) is 10.0. The minimum absolute atomic E-state index is 0.458. The van der Waals surface area contributed by atoms with Crippen LogP contribution in [0, 0.1) is 11.3 Å². The summed E-state index contributed by atoms with van der Waals surface area (Å²) in [4.78, 5) is 2.67. The van der Waals surface area contributed by atoms with Gasteiger partial charge in [-0.2, -0.15) is 0 Å². The molecule has 21 heavy (non-hydrogen) atoms. The number of hydrogen-bond donors (Lipinski definition) is 1. The number of nitrogens with one attached hydrogen (secondary N) is 1. The highest BCUT2D eigenvalue weighted by molar-refractivity contribution is 4.91. The minimum Gasteiger partial charge on any atom is -0.311 e. The summed E-state index contributed by atoms with van der Waals surface area (Å²) in [6.07, 6.45) is 11.1. The van der Waals surface area contributed by atoms with Crippen LogP contribution in [-0.4, -0.2) is 36.6 Å². The molecule has 2 atom stereocenters. The SMILES string of the molecule is CCCCN1CCC(NC2CCCCC2C(C)(C)C)CC1. The van der Waals surface area contributed by atoms with Crippen molar-refractivity contribution in [2.75, 3.05) is 19.6 Å². The number of piperidine rings is 1. The van der Waals surface area contributed by atoms with Crippen molar-refractivity contribution < 1.29 is 0 Å². The molecule has 1 saturated heterocycles. The van der Waals surface area contributed by atoms with Gasteiger partial charge >= 0.3 is 0 Å². The van der Waals surface area contributed by atoms with Crippen LogP contribution in [0.15, 0.2) is 0 Å². The zero-order valence-corrected chi connectivity index (χ0v) is 15.0. The molecule has 2 nitrogen and oxygen atoms in total. The van der Waals surface area contributed by atoms with Crippen LogP contribution in [0.25, 0.3) is 0 Å². The van der Waals surface area contributed by atoms with Crippen molar-refractivity contribution in [1.29, 1.82) is 0 Å². The fraction of sp³-hybridized carbons (Fsp3) is 1.00. The Bertz CT molecular complexity index is 286. The molecule has 2 rings (SSSR count). The van der Waals surface area contributed by atoms with Gasteiger partial charge in [0.15, 0.2) is 0 Å². The first-order valence-corrected chi connectivity index (χ1v) is 9.49. The van der Waals surface area contributed by atoms with Crippen LogP contribution in [0.4, 0.5) is 0 Å². The van der Waals surface area contributed by atoms with E-state index >= 15 is 0 Å². The van der Waals surface area contributed by atoms with Gasteiger partial charge in [0, 0.05) is 12.1 Å². The van der Waals surface area contributed by atoms with Crippen LogP contribution < -0.4 is 5.32 Å². The van der Waals surface area contributed by atoms with Crippen LogP contribution in [0.5, 0.6) is 0 Å². The van der Waals surface area contributed by atoms with Crippen molar-refractivity contribution >= 4 is 0 Å². The lowest BCUT2D eigenvalue weighted by molar-refractivity contribution is 0.107. The van der Waals surface area contributed by atoms with Gasteiger partial charge in [-0.05, 0) is 63.1 Å². The predicted octanol–water partition coefficient (Wildman–Crippen LogP) is 4.45. The van der Waals surface area contributed by atoms with Gasteiger partial charge in [0.05, 0.1) is 0 Å². The Morgan fingerprint density at radius 1 is 1.00 bits per heavy atom. The van der Waals surface area contributed by atoms with Gasteiger partial charge in [0.1, 0.15) is 0 Å². The number of unbranched alkanes of at least 4 members (excludes halogenated alkanes) is 1. The molecule has 0 bridgehead atoms. The molecule has 1 aliphatic heterocycles. The highest BCUT2D eigenvalue weighted by Gasteiger charge is 2.35. The Labute approximate surface area is 133 Å². The smallest absolute Gasteiger partial charge is 0.0103 e. The maximum atomic E-state index is 4.06. The molecule has 0 aromatic carbocycles. The van der Waals surface area contributed by atoms with Crippen molar-refractivity contribution in [2.24, 2.45) is 11.3 Å². The lowest BCUT2D eigenvalue weighted by Gasteiger charge is -2.44. The van der Waals surface area contributed by atoms with E-state index in [4.69, 9.17) is 0 Å². The molecule has 2 fully saturated rings. The monoisotopic (exact) mass is 294 g/mol. The van der Waals surface area contributed by atoms with Crippen LogP contribution >= 0.6 is 0 Å². The topological polar surface area (TPSA) is 15.3 Å². The highest BCUT2D eigenvalue weighted by Crippen LogP contribution is 2.38. The second kappa shape index (κ2) is 7.97. The van der Waals surface area contributed by atoms with Crippen molar-refractivity contribution in [3.05, 3.63) is 0 Å². The number of likely N-dealkylation sites (tertiary alicyclic amines) is 1. The van der Waals surface area contributed by atoms with Crippen molar-refractivity contribution in [1.82, 2.24) is 10.2 Å². The fourth-order valence-electron chi connectivity index (χ4n) is 4.37. The molecule has 0 aromatic heterocycles. The van der Waals surface area contributed by atoms with E-state index in [9.17, 15) is 0 Å². The first-order valence-electron chi connectivity index (χ1n) is 9.49. The van der Waals surface area contributed by atoms with Crippen molar-refractivity contribution in [3.8, 4) is 0 Å². The molecule has 2 unspecified atom stereocenters. The molecule has 0 aromatic rings. The normalized spacial score (nSPS) is 29.7. The van der Waals surface area contributed by atoms with Crippen LogP contribution in [0.2, 0.25) is 0 Å². The second-order valence-corrected chi connectivity index (χ2v) is 8.50. The van der Waals surface area contributed by atoms with Crippen LogP contribution in [-0.2, 0) is 0 Å². The Hall–Kier alpha value is -0.0800. The average molecular weight is 295 g/mol. The Morgan fingerprint density at radius 2 is 1.67 bits per heavy atom. The lowest BCUT2D eigenvalue weighted by atomic mass is 9.69. The zero-order valence-electron chi connectivity index (χ0n) is 15.0. The number of rotatable bonds is 5. The number of nitrogens with zero attached hydrogens (tertiary/aromatic N) is 1. The van der Waals surface area contributed by atoms with Gasteiger partial charge in [-0.1, -0.05) is 47.0 Å². The second-order valence-electron chi connectivity index (χ2n) is 8.50. The van der Waals surface area contributed by atoms with E-state index in [0.717, 1.165) is 18.0 Å². The Balaban J connectivity index is 1.79. The first kappa shape index (κ1) is 17.3. The fourth-order valence-corrected chi connectivity index (χ4v) is 4.37. The Morgan fingerprint density at radius 3 is 2.29 bits per heavy atom. The third-order valence-corrected chi connectivity index (χ3v) is 5.74. The molecule has 1 aliphatic carbocycles. The van der Waals surface area contributed by atoms with Gasteiger partial charge in [0.2, 0.25) is 0 Å². The maximum absolute atomic E-state index is 4.06. The van der Waals surface area contributed by atoms with Crippen molar-refractivity contribution in [3.63, 3.8) is 0 Å². The van der Waals surface area contributed by atoms with Gasteiger partial charge in [-0.25, -0.2) is 0 Å². The highest BCUT2D eigenvalue weighted by atomic mass is 15.1. The zero-order chi connectivity index (χ0) is 15.3. The van der Waals surface area contributed by atoms with Crippen LogP contribution in [0.3, 0.4) is 0 Å². The summed E-state index contributed by atoms with van der Waals surface area (Å²) in [7, 11) is 0. The van der Waals surface area contributed by atoms with Gasteiger partial charge < -0.3 is 10.2 Å². The average Bonchev–Trinajstić information content (AvgIpc) is 2.46. The molecular weight excluding hydrogens is 256 g/mol. The van der Waals surface area contributed by atoms with E-state index in [1.165, 1.54) is 71.0 Å². The molecule has 1 heterocycles. The summed E-state index contributed by atoms with van der Waals surface area (Å²) in [6.45, 7) is 13.5. The third kappa shape index (κ3) is 5.25. The third-order valence-electron chi connectivity index (χ3n) is 5.74. The minimum atomic E-state index is 0.458. The summed E-state index contributed by atoms with van der Waals surface area (Å²) >= 11 is 0. The van der Waals surface area contributed by atoms with Crippen molar-refractivity contribution in [2.45, 2.75) is 91.1 Å². The molecule has 124 valence electrons. The number of hydrogen-bond acceptors (Lipinski definition) is 2. The van der Waals surface area contributed by atoms with Gasteiger partial charge in [0.25, 0.3) is 0 Å². The quantitative estimate of drug-likeness (QED) is 0.806. The molecule has 0 spiro atoms. The molecule has 0 amide bonds.